The molecule has 106 valence electrons. The van der Waals surface area contributed by atoms with Crippen LogP contribution in [0.1, 0.15) is 16.0 Å². The Morgan fingerprint density at radius 3 is 2.19 bits per heavy atom. The molecule has 0 fully saturated rings. The van der Waals surface area contributed by atoms with Gasteiger partial charge in [0.1, 0.15) is 11.6 Å². The quantitative estimate of drug-likeness (QED) is 0.526. The van der Waals surface area contributed by atoms with Crippen LogP contribution in [0.2, 0.25) is 0 Å². The van der Waals surface area contributed by atoms with Gasteiger partial charge in [0.05, 0.1) is 0 Å². The van der Waals surface area contributed by atoms with E-state index in [0.29, 0.717) is 6.42 Å². The van der Waals surface area contributed by atoms with Gasteiger partial charge in [-0.3, -0.25) is 0 Å². The van der Waals surface area contributed by atoms with Gasteiger partial charge in [0, 0.05) is 10.4 Å². The molecule has 0 radical (unpaired) electrons. The number of hydrogen-bond acceptors (Lipinski definition) is 0. The van der Waals surface area contributed by atoms with Crippen LogP contribution in [0.5, 0.6) is 0 Å². The highest BCUT2D eigenvalue weighted by Crippen LogP contribution is 2.31. The van der Waals surface area contributed by atoms with E-state index >= 15 is 0 Å². The lowest BCUT2D eigenvalue weighted by Crippen LogP contribution is -2.02. The molecular formula is C18H13BrF2. The van der Waals surface area contributed by atoms with Crippen LogP contribution >= 0.6 is 15.9 Å². The molecule has 0 heterocycles. The van der Waals surface area contributed by atoms with Gasteiger partial charge in [-0.05, 0) is 34.9 Å². The van der Waals surface area contributed by atoms with E-state index < -0.39 is 11.6 Å². The van der Waals surface area contributed by atoms with Crippen molar-refractivity contribution >= 4 is 26.7 Å². The second-order valence-corrected chi connectivity index (χ2v) is 6.09. The molecule has 0 aliphatic heterocycles. The molecule has 0 aliphatic rings. The molecule has 3 aromatic carbocycles. The first-order valence-electron chi connectivity index (χ1n) is 6.71. The third kappa shape index (κ3) is 2.98. The number of rotatable bonds is 3. The van der Waals surface area contributed by atoms with Crippen LogP contribution < -0.4 is 0 Å². The Hall–Kier alpha value is -1.74. The zero-order valence-corrected chi connectivity index (χ0v) is 12.8. The third-order valence-corrected chi connectivity index (χ3v) is 4.32. The summed E-state index contributed by atoms with van der Waals surface area (Å²) in [6, 6.07) is 18.1. The van der Waals surface area contributed by atoms with E-state index in [9.17, 15) is 8.78 Å². The van der Waals surface area contributed by atoms with E-state index in [2.05, 4.69) is 22.0 Å². The fourth-order valence-electron chi connectivity index (χ4n) is 2.48. The van der Waals surface area contributed by atoms with Gasteiger partial charge in [0.25, 0.3) is 0 Å². The largest absolute Gasteiger partial charge is 0.207 e. The second-order valence-electron chi connectivity index (χ2n) is 4.99. The van der Waals surface area contributed by atoms with E-state index in [-0.39, 0.29) is 10.4 Å². The number of halogens is 3. The molecule has 1 atom stereocenters. The van der Waals surface area contributed by atoms with Crippen LogP contribution in [0.4, 0.5) is 8.78 Å². The number of benzene rings is 3. The normalized spacial score (nSPS) is 12.5. The van der Waals surface area contributed by atoms with Gasteiger partial charge in [-0.15, -0.1) is 0 Å². The zero-order valence-electron chi connectivity index (χ0n) is 11.2. The molecule has 0 N–H and O–H groups in total. The minimum atomic E-state index is -0.516. The minimum Gasteiger partial charge on any atom is -0.207 e. The smallest absolute Gasteiger partial charge is 0.130 e. The molecule has 0 nitrogen and oxygen atoms in total. The summed E-state index contributed by atoms with van der Waals surface area (Å²) < 4.78 is 27.6. The molecule has 3 rings (SSSR count). The summed E-state index contributed by atoms with van der Waals surface area (Å²) in [5.74, 6) is -1.03. The molecule has 0 aromatic heterocycles. The summed E-state index contributed by atoms with van der Waals surface area (Å²) >= 11 is 3.41. The van der Waals surface area contributed by atoms with Crippen LogP contribution in [0, 0.1) is 11.6 Å². The van der Waals surface area contributed by atoms with Gasteiger partial charge in [-0.25, -0.2) is 8.78 Å². The Balaban J connectivity index is 1.91. The monoisotopic (exact) mass is 346 g/mol. The van der Waals surface area contributed by atoms with Crippen LogP contribution in [0.3, 0.4) is 0 Å². The second kappa shape index (κ2) is 5.94. The van der Waals surface area contributed by atoms with Crippen molar-refractivity contribution in [2.45, 2.75) is 11.2 Å². The van der Waals surface area contributed by atoms with Crippen molar-refractivity contribution in [1.82, 2.24) is 0 Å². The highest BCUT2D eigenvalue weighted by Gasteiger charge is 2.17. The number of hydrogen-bond donors (Lipinski definition) is 0. The molecule has 0 amide bonds. The van der Waals surface area contributed by atoms with E-state index in [1.807, 2.05) is 36.4 Å². The van der Waals surface area contributed by atoms with E-state index in [1.54, 1.807) is 0 Å². The molecular weight excluding hydrogens is 334 g/mol. The highest BCUT2D eigenvalue weighted by atomic mass is 79.9. The summed E-state index contributed by atoms with van der Waals surface area (Å²) in [6.45, 7) is 0. The van der Waals surface area contributed by atoms with E-state index in [0.717, 1.165) is 16.3 Å². The van der Waals surface area contributed by atoms with Gasteiger partial charge in [-0.1, -0.05) is 64.5 Å². The van der Waals surface area contributed by atoms with Crippen molar-refractivity contribution in [1.29, 1.82) is 0 Å². The molecule has 3 heteroatoms. The predicted octanol–water partition coefficient (Wildman–Crippen LogP) is 5.80. The van der Waals surface area contributed by atoms with Crippen LogP contribution in [-0.2, 0) is 6.42 Å². The van der Waals surface area contributed by atoms with Crippen LogP contribution in [-0.4, -0.2) is 0 Å². The zero-order chi connectivity index (χ0) is 14.8. The molecule has 0 saturated heterocycles. The van der Waals surface area contributed by atoms with Gasteiger partial charge in [0.2, 0.25) is 0 Å². The molecule has 0 spiro atoms. The first-order valence-corrected chi connectivity index (χ1v) is 7.62. The van der Waals surface area contributed by atoms with Crippen LogP contribution in [0.25, 0.3) is 10.8 Å². The van der Waals surface area contributed by atoms with Gasteiger partial charge < -0.3 is 0 Å². The molecule has 21 heavy (non-hydrogen) atoms. The first-order chi connectivity index (χ1) is 10.1. The summed E-state index contributed by atoms with van der Waals surface area (Å²) in [4.78, 5) is -0.389. The maximum Gasteiger partial charge on any atom is 0.130 e. The molecule has 0 aliphatic carbocycles. The SMILES string of the molecule is Fc1cccc(F)c1C(Br)Cc1ccc2ccccc2c1. The molecule has 0 saturated carbocycles. The summed E-state index contributed by atoms with van der Waals surface area (Å²) in [5.41, 5.74) is 1.13. The molecule has 1 unspecified atom stereocenters. The first kappa shape index (κ1) is 14.2. The van der Waals surface area contributed by atoms with Crippen molar-refractivity contribution < 1.29 is 8.78 Å². The molecule has 3 aromatic rings. The Bertz CT molecular complexity index is 763. The maximum atomic E-state index is 13.8. The average molecular weight is 347 g/mol. The predicted molar refractivity (Wildman–Crippen MR) is 85.7 cm³/mol. The Morgan fingerprint density at radius 1 is 0.810 bits per heavy atom. The lowest BCUT2D eigenvalue weighted by Gasteiger charge is -2.13. The fraction of sp³-hybridized carbons (Fsp3) is 0.111. The van der Waals surface area contributed by atoms with Crippen molar-refractivity contribution in [2.24, 2.45) is 0 Å². The Morgan fingerprint density at radius 2 is 1.48 bits per heavy atom. The Labute approximate surface area is 130 Å². The van der Waals surface area contributed by atoms with Gasteiger partial charge in [0.15, 0.2) is 0 Å². The van der Waals surface area contributed by atoms with Crippen molar-refractivity contribution in [3.05, 3.63) is 83.4 Å². The Kier molecular flexibility index (Phi) is 4.02. The minimum absolute atomic E-state index is 0.0886. The number of alkyl halides is 1. The number of fused-ring (bicyclic) bond motifs is 1. The maximum absolute atomic E-state index is 13.8. The summed E-state index contributed by atoms with van der Waals surface area (Å²) in [5, 5.41) is 2.29. The third-order valence-electron chi connectivity index (χ3n) is 3.54. The fourth-order valence-corrected chi connectivity index (χ4v) is 3.30. The average Bonchev–Trinajstić information content (AvgIpc) is 2.47. The summed E-state index contributed by atoms with van der Waals surface area (Å²) in [6.07, 6.45) is 0.530. The van der Waals surface area contributed by atoms with E-state index in [1.165, 1.54) is 18.2 Å². The van der Waals surface area contributed by atoms with Gasteiger partial charge >= 0.3 is 0 Å². The lowest BCUT2D eigenvalue weighted by atomic mass is 10.0. The standard InChI is InChI=1S/C18H13BrF2/c19-15(18-16(20)6-3-7-17(18)21)11-12-8-9-13-4-1-2-5-14(13)10-12/h1-10,15H,11H2. The van der Waals surface area contributed by atoms with Crippen molar-refractivity contribution in [3.8, 4) is 0 Å². The van der Waals surface area contributed by atoms with Crippen molar-refractivity contribution in [3.63, 3.8) is 0 Å². The van der Waals surface area contributed by atoms with Crippen molar-refractivity contribution in [2.75, 3.05) is 0 Å². The molecule has 0 bridgehead atoms. The van der Waals surface area contributed by atoms with Gasteiger partial charge in [-0.2, -0.15) is 0 Å². The topological polar surface area (TPSA) is 0 Å². The highest BCUT2D eigenvalue weighted by molar-refractivity contribution is 9.09. The van der Waals surface area contributed by atoms with E-state index in [4.69, 9.17) is 0 Å². The lowest BCUT2D eigenvalue weighted by molar-refractivity contribution is 0.553. The van der Waals surface area contributed by atoms with Crippen LogP contribution in [0.15, 0.2) is 60.7 Å². The summed E-state index contributed by atoms with van der Waals surface area (Å²) in [7, 11) is 0.